The largest absolute Gasteiger partial charge is 0.310 e. The summed E-state index contributed by atoms with van der Waals surface area (Å²) in [4.78, 5) is 0.348. The highest BCUT2D eigenvalue weighted by Gasteiger charge is 2.13. The number of unbranched alkanes of at least 4 members (excludes halogenated alkanes) is 3. The molecular formula is C16H28N2O2S. The van der Waals surface area contributed by atoms with Crippen molar-refractivity contribution in [1.82, 2.24) is 10.0 Å². The molecule has 0 aliphatic carbocycles. The standard InChI is InChI=1S/C16H28N2O2S/c1-4-5-6-7-11-18-21(19,20)16-10-8-9-15(12-16)13-17-14(2)3/h8-10,12,14,17-18H,4-7,11,13H2,1-3H3. The highest BCUT2D eigenvalue weighted by Crippen LogP contribution is 2.12. The molecule has 0 bridgehead atoms. The van der Waals surface area contributed by atoms with E-state index in [0.717, 1.165) is 31.2 Å². The third-order valence-electron chi connectivity index (χ3n) is 3.25. The van der Waals surface area contributed by atoms with Crippen LogP contribution in [0.3, 0.4) is 0 Å². The summed E-state index contributed by atoms with van der Waals surface area (Å²) in [5, 5.41) is 3.29. The zero-order valence-electron chi connectivity index (χ0n) is 13.4. The zero-order valence-corrected chi connectivity index (χ0v) is 14.2. The van der Waals surface area contributed by atoms with Crippen molar-refractivity contribution < 1.29 is 8.42 Å². The van der Waals surface area contributed by atoms with Gasteiger partial charge in [-0.1, -0.05) is 52.2 Å². The average molecular weight is 312 g/mol. The molecular weight excluding hydrogens is 284 g/mol. The first-order valence-electron chi connectivity index (χ1n) is 7.77. The predicted molar refractivity (Wildman–Crippen MR) is 87.7 cm³/mol. The summed E-state index contributed by atoms with van der Waals surface area (Å²) < 4.78 is 27.1. The van der Waals surface area contributed by atoms with Crippen molar-refractivity contribution in [3.63, 3.8) is 0 Å². The molecule has 0 fully saturated rings. The van der Waals surface area contributed by atoms with Gasteiger partial charge in [0, 0.05) is 19.1 Å². The lowest BCUT2D eigenvalue weighted by molar-refractivity contribution is 0.572. The van der Waals surface area contributed by atoms with Gasteiger partial charge in [-0.3, -0.25) is 0 Å². The van der Waals surface area contributed by atoms with Gasteiger partial charge in [-0.2, -0.15) is 0 Å². The van der Waals surface area contributed by atoms with Gasteiger partial charge in [-0.15, -0.1) is 0 Å². The summed E-state index contributed by atoms with van der Waals surface area (Å²) in [6.45, 7) is 7.46. The van der Waals surface area contributed by atoms with Crippen LogP contribution < -0.4 is 10.0 Å². The molecule has 0 spiro atoms. The Hall–Kier alpha value is -0.910. The maximum atomic E-state index is 12.2. The van der Waals surface area contributed by atoms with E-state index in [9.17, 15) is 8.42 Å². The monoisotopic (exact) mass is 312 g/mol. The van der Waals surface area contributed by atoms with Crippen LogP contribution in [0.5, 0.6) is 0 Å². The van der Waals surface area contributed by atoms with Crippen LogP contribution in [0.1, 0.15) is 52.0 Å². The highest BCUT2D eigenvalue weighted by atomic mass is 32.2. The second-order valence-corrected chi connectivity index (χ2v) is 7.41. The van der Waals surface area contributed by atoms with Crippen molar-refractivity contribution in [2.45, 2.75) is 63.9 Å². The molecule has 4 nitrogen and oxygen atoms in total. The summed E-state index contributed by atoms with van der Waals surface area (Å²) in [7, 11) is -3.39. The van der Waals surface area contributed by atoms with Gasteiger partial charge in [0.2, 0.25) is 10.0 Å². The van der Waals surface area contributed by atoms with E-state index in [1.807, 2.05) is 6.07 Å². The van der Waals surface area contributed by atoms with Gasteiger partial charge in [-0.25, -0.2) is 13.1 Å². The maximum absolute atomic E-state index is 12.2. The van der Waals surface area contributed by atoms with Crippen LogP contribution in [0, 0.1) is 0 Å². The highest BCUT2D eigenvalue weighted by molar-refractivity contribution is 7.89. The first-order chi connectivity index (χ1) is 9.95. The smallest absolute Gasteiger partial charge is 0.240 e. The third-order valence-corrected chi connectivity index (χ3v) is 4.70. The Labute approximate surface area is 129 Å². The van der Waals surface area contributed by atoms with Crippen molar-refractivity contribution in [2.24, 2.45) is 0 Å². The number of nitrogens with one attached hydrogen (secondary N) is 2. The van der Waals surface area contributed by atoms with Crippen molar-refractivity contribution in [3.05, 3.63) is 29.8 Å². The van der Waals surface area contributed by atoms with Crippen LogP contribution in [0.15, 0.2) is 29.2 Å². The Morgan fingerprint density at radius 1 is 1.14 bits per heavy atom. The molecule has 0 aromatic heterocycles. The first kappa shape index (κ1) is 18.1. The van der Waals surface area contributed by atoms with E-state index >= 15 is 0 Å². The lowest BCUT2D eigenvalue weighted by atomic mass is 10.2. The fourth-order valence-electron chi connectivity index (χ4n) is 1.99. The normalized spacial score (nSPS) is 12.0. The van der Waals surface area contributed by atoms with E-state index in [1.165, 1.54) is 0 Å². The summed E-state index contributed by atoms with van der Waals surface area (Å²) in [6, 6.07) is 7.50. The molecule has 0 aliphatic heterocycles. The van der Waals surface area contributed by atoms with Gasteiger partial charge in [0.05, 0.1) is 4.90 Å². The van der Waals surface area contributed by atoms with Crippen molar-refractivity contribution in [3.8, 4) is 0 Å². The van der Waals surface area contributed by atoms with E-state index in [4.69, 9.17) is 0 Å². The average Bonchev–Trinajstić information content (AvgIpc) is 2.45. The van der Waals surface area contributed by atoms with Crippen LogP contribution in [-0.2, 0) is 16.6 Å². The molecule has 2 N–H and O–H groups in total. The van der Waals surface area contributed by atoms with Crippen molar-refractivity contribution in [1.29, 1.82) is 0 Å². The van der Waals surface area contributed by atoms with E-state index in [1.54, 1.807) is 18.2 Å². The molecule has 0 radical (unpaired) electrons. The molecule has 0 amide bonds. The SMILES string of the molecule is CCCCCCNS(=O)(=O)c1cccc(CNC(C)C)c1. The van der Waals surface area contributed by atoms with Gasteiger partial charge in [-0.05, 0) is 24.1 Å². The van der Waals surface area contributed by atoms with Crippen LogP contribution >= 0.6 is 0 Å². The zero-order chi connectivity index (χ0) is 15.7. The number of sulfonamides is 1. The second kappa shape index (κ2) is 9.18. The van der Waals surface area contributed by atoms with Gasteiger partial charge < -0.3 is 5.32 Å². The van der Waals surface area contributed by atoms with Gasteiger partial charge in [0.25, 0.3) is 0 Å². The van der Waals surface area contributed by atoms with Crippen molar-refractivity contribution in [2.75, 3.05) is 6.54 Å². The van der Waals surface area contributed by atoms with Gasteiger partial charge in [0.1, 0.15) is 0 Å². The van der Waals surface area contributed by atoms with E-state index < -0.39 is 10.0 Å². The summed E-state index contributed by atoms with van der Waals surface area (Å²) in [5.74, 6) is 0. The number of hydrogen-bond donors (Lipinski definition) is 2. The van der Waals surface area contributed by atoms with Crippen LogP contribution in [0.4, 0.5) is 0 Å². The van der Waals surface area contributed by atoms with E-state index in [0.29, 0.717) is 24.0 Å². The number of rotatable bonds is 10. The fraction of sp³-hybridized carbons (Fsp3) is 0.625. The second-order valence-electron chi connectivity index (χ2n) is 5.64. The molecule has 21 heavy (non-hydrogen) atoms. The lowest BCUT2D eigenvalue weighted by Crippen LogP contribution is -2.25. The fourth-order valence-corrected chi connectivity index (χ4v) is 3.13. The minimum Gasteiger partial charge on any atom is -0.310 e. The van der Waals surface area contributed by atoms with Crippen molar-refractivity contribution >= 4 is 10.0 Å². The molecule has 5 heteroatoms. The lowest BCUT2D eigenvalue weighted by Gasteiger charge is -2.10. The predicted octanol–water partition coefficient (Wildman–Crippen LogP) is 3.04. The molecule has 1 aromatic rings. The molecule has 0 unspecified atom stereocenters. The first-order valence-corrected chi connectivity index (χ1v) is 9.26. The quantitative estimate of drug-likeness (QED) is 0.653. The summed E-state index contributed by atoms with van der Waals surface area (Å²) in [5.41, 5.74) is 0.984. The molecule has 0 saturated heterocycles. The summed E-state index contributed by atoms with van der Waals surface area (Å²) >= 11 is 0. The maximum Gasteiger partial charge on any atom is 0.240 e. The molecule has 0 aliphatic rings. The van der Waals surface area contributed by atoms with E-state index in [2.05, 4.69) is 30.8 Å². The Bertz CT molecular complexity index is 513. The molecule has 1 rings (SSSR count). The van der Waals surface area contributed by atoms with Crippen LogP contribution in [-0.4, -0.2) is 21.0 Å². The summed E-state index contributed by atoms with van der Waals surface area (Å²) in [6.07, 6.45) is 4.26. The molecule has 0 saturated carbocycles. The minimum absolute atomic E-state index is 0.348. The molecule has 120 valence electrons. The molecule has 0 atom stereocenters. The third kappa shape index (κ3) is 7.07. The van der Waals surface area contributed by atoms with Crippen LogP contribution in [0.2, 0.25) is 0 Å². The molecule has 1 aromatic carbocycles. The van der Waals surface area contributed by atoms with E-state index in [-0.39, 0.29) is 0 Å². The number of benzene rings is 1. The Morgan fingerprint density at radius 3 is 2.57 bits per heavy atom. The van der Waals surface area contributed by atoms with Gasteiger partial charge in [0.15, 0.2) is 0 Å². The van der Waals surface area contributed by atoms with Crippen LogP contribution in [0.25, 0.3) is 0 Å². The number of hydrogen-bond acceptors (Lipinski definition) is 3. The Balaban J connectivity index is 2.59. The molecule has 0 heterocycles. The topological polar surface area (TPSA) is 58.2 Å². The van der Waals surface area contributed by atoms with Gasteiger partial charge >= 0.3 is 0 Å². The Morgan fingerprint density at radius 2 is 1.90 bits per heavy atom. The minimum atomic E-state index is -3.39. The Kier molecular flexibility index (Phi) is 7.93.